The molecule has 1 saturated carbocycles. The summed E-state index contributed by atoms with van der Waals surface area (Å²) in [7, 11) is -0.989. The normalized spacial score (nSPS) is 31.3. The Morgan fingerprint density at radius 1 is 1.38 bits per heavy atom. The van der Waals surface area contributed by atoms with Gasteiger partial charge in [0.1, 0.15) is 6.04 Å². The summed E-state index contributed by atoms with van der Waals surface area (Å²) in [6, 6.07) is -1.23. The van der Waals surface area contributed by atoms with Crippen LogP contribution < -0.4 is 5.32 Å². The highest BCUT2D eigenvalue weighted by atomic mass is 32.2. The van der Waals surface area contributed by atoms with Gasteiger partial charge >= 0.3 is 12.0 Å². The standard InChI is InChI=1S/C14H24N2O4S/c1-9(8-21(2)20)15-14(19)16-11-6-4-3-5-10(11)7-12(16)13(17)18/h9-12H,3-8H2,1-2H3,(H,15,19)(H,17,18). The number of hydrogen-bond acceptors (Lipinski definition) is 3. The number of carbonyl (C=O) groups is 2. The van der Waals surface area contributed by atoms with Crippen molar-refractivity contribution in [3.63, 3.8) is 0 Å². The van der Waals surface area contributed by atoms with Crippen molar-refractivity contribution in [3.8, 4) is 0 Å². The number of likely N-dealkylation sites (tertiary alicyclic amines) is 1. The number of nitrogens with zero attached hydrogens (tertiary/aromatic N) is 1. The Bertz CT molecular complexity index is 443. The van der Waals surface area contributed by atoms with E-state index in [0.717, 1.165) is 25.7 Å². The van der Waals surface area contributed by atoms with Gasteiger partial charge in [0.25, 0.3) is 0 Å². The fourth-order valence-electron chi connectivity index (χ4n) is 3.65. The SMILES string of the molecule is CC(CS(C)=O)NC(=O)N1C(C(=O)O)CC2CCCCC21. The fraction of sp³-hybridized carbons (Fsp3) is 0.857. The summed E-state index contributed by atoms with van der Waals surface area (Å²) < 4.78 is 11.2. The number of rotatable bonds is 4. The van der Waals surface area contributed by atoms with E-state index in [-0.39, 0.29) is 18.1 Å². The van der Waals surface area contributed by atoms with E-state index in [0.29, 0.717) is 18.1 Å². The maximum atomic E-state index is 12.5. The van der Waals surface area contributed by atoms with Crippen LogP contribution in [-0.2, 0) is 15.6 Å². The van der Waals surface area contributed by atoms with Gasteiger partial charge in [0, 0.05) is 34.9 Å². The van der Waals surface area contributed by atoms with Crippen LogP contribution in [0.5, 0.6) is 0 Å². The average molecular weight is 316 g/mol. The van der Waals surface area contributed by atoms with Crippen LogP contribution in [0.1, 0.15) is 39.0 Å². The predicted molar refractivity (Wildman–Crippen MR) is 80.6 cm³/mol. The Morgan fingerprint density at radius 3 is 2.67 bits per heavy atom. The number of carboxylic acid groups (broad SMARTS) is 1. The minimum Gasteiger partial charge on any atom is -0.480 e. The third-order valence-corrected chi connectivity index (χ3v) is 5.43. The lowest BCUT2D eigenvalue weighted by molar-refractivity contribution is -0.141. The summed E-state index contributed by atoms with van der Waals surface area (Å²) in [5.74, 6) is -0.238. The molecule has 0 radical (unpaired) electrons. The second-order valence-corrected chi connectivity index (χ2v) is 7.68. The van der Waals surface area contributed by atoms with Crippen molar-refractivity contribution in [2.75, 3.05) is 12.0 Å². The maximum Gasteiger partial charge on any atom is 0.326 e. The Hall–Kier alpha value is -1.11. The summed E-state index contributed by atoms with van der Waals surface area (Å²) in [4.78, 5) is 25.4. The molecule has 0 spiro atoms. The number of aliphatic carboxylic acids is 1. The van der Waals surface area contributed by atoms with Gasteiger partial charge in [-0.25, -0.2) is 9.59 Å². The first-order valence-corrected chi connectivity index (χ1v) is 9.24. The molecule has 0 aromatic rings. The van der Waals surface area contributed by atoms with Gasteiger partial charge in [0.2, 0.25) is 0 Å². The van der Waals surface area contributed by atoms with Gasteiger partial charge < -0.3 is 15.3 Å². The average Bonchev–Trinajstić information content (AvgIpc) is 2.76. The molecule has 120 valence electrons. The first-order valence-electron chi connectivity index (χ1n) is 7.51. The monoisotopic (exact) mass is 316 g/mol. The fourth-order valence-corrected chi connectivity index (χ4v) is 4.44. The molecule has 6 nitrogen and oxygen atoms in total. The molecule has 5 atom stereocenters. The molecule has 2 amide bonds. The lowest BCUT2D eigenvalue weighted by atomic mass is 9.85. The van der Waals surface area contributed by atoms with E-state index in [1.54, 1.807) is 13.2 Å². The second kappa shape index (κ2) is 6.77. The number of hydrogen-bond donors (Lipinski definition) is 2. The number of carboxylic acids is 1. The Kier molecular flexibility index (Phi) is 5.24. The summed E-state index contributed by atoms with van der Waals surface area (Å²) >= 11 is 0. The number of amides is 2. The first-order chi connectivity index (χ1) is 9.90. The molecule has 0 bridgehead atoms. The topological polar surface area (TPSA) is 86.7 Å². The third-order valence-electron chi connectivity index (χ3n) is 4.46. The van der Waals surface area contributed by atoms with Crippen LogP contribution in [0.3, 0.4) is 0 Å². The molecule has 0 aromatic carbocycles. The largest absolute Gasteiger partial charge is 0.480 e. The highest BCUT2D eigenvalue weighted by Gasteiger charge is 2.47. The van der Waals surface area contributed by atoms with Gasteiger partial charge in [-0.15, -0.1) is 0 Å². The summed E-state index contributed by atoms with van der Waals surface area (Å²) in [5.41, 5.74) is 0. The van der Waals surface area contributed by atoms with Crippen molar-refractivity contribution in [2.45, 2.75) is 57.2 Å². The molecule has 1 heterocycles. The Morgan fingerprint density at radius 2 is 2.05 bits per heavy atom. The molecular weight excluding hydrogens is 292 g/mol. The molecule has 21 heavy (non-hydrogen) atoms. The van der Waals surface area contributed by atoms with E-state index in [1.807, 2.05) is 0 Å². The minimum absolute atomic E-state index is 0.0409. The summed E-state index contributed by atoms with van der Waals surface area (Å²) in [5, 5.41) is 12.2. The Labute approximate surface area is 127 Å². The smallest absolute Gasteiger partial charge is 0.326 e. The molecule has 2 N–H and O–H groups in total. The molecule has 1 aliphatic heterocycles. The zero-order valence-electron chi connectivity index (χ0n) is 12.6. The van der Waals surface area contributed by atoms with Crippen molar-refractivity contribution in [3.05, 3.63) is 0 Å². The maximum absolute atomic E-state index is 12.5. The van der Waals surface area contributed by atoms with Crippen molar-refractivity contribution in [2.24, 2.45) is 5.92 Å². The van der Waals surface area contributed by atoms with Gasteiger partial charge in [-0.1, -0.05) is 12.8 Å². The molecule has 1 aliphatic carbocycles. The van der Waals surface area contributed by atoms with Crippen LogP contribution in [0.4, 0.5) is 4.79 Å². The van der Waals surface area contributed by atoms with E-state index in [1.165, 1.54) is 4.90 Å². The number of carbonyl (C=O) groups excluding carboxylic acids is 1. The zero-order valence-corrected chi connectivity index (χ0v) is 13.4. The number of nitrogens with one attached hydrogen (secondary N) is 1. The van der Waals surface area contributed by atoms with E-state index < -0.39 is 22.8 Å². The van der Waals surface area contributed by atoms with Crippen LogP contribution in [0.25, 0.3) is 0 Å². The summed E-state index contributed by atoms with van der Waals surface area (Å²) in [6.45, 7) is 1.80. The van der Waals surface area contributed by atoms with E-state index >= 15 is 0 Å². The summed E-state index contributed by atoms with van der Waals surface area (Å²) in [6.07, 6.45) is 6.21. The van der Waals surface area contributed by atoms with Crippen molar-refractivity contribution < 1.29 is 18.9 Å². The van der Waals surface area contributed by atoms with Crippen LogP contribution in [0.15, 0.2) is 0 Å². The lowest BCUT2D eigenvalue weighted by Gasteiger charge is -2.33. The van der Waals surface area contributed by atoms with Crippen LogP contribution in [0.2, 0.25) is 0 Å². The highest BCUT2D eigenvalue weighted by Crippen LogP contribution is 2.39. The number of fused-ring (bicyclic) bond motifs is 1. The van der Waals surface area contributed by atoms with E-state index in [9.17, 15) is 18.9 Å². The van der Waals surface area contributed by atoms with E-state index in [2.05, 4.69) is 5.32 Å². The van der Waals surface area contributed by atoms with Crippen LogP contribution >= 0.6 is 0 Å². The molecule has 7 heteroatoms. The molecule has 5 unspecified atom stereocenters. The minimum atomic E-state index is -0.989. The second-order valence-electron chi connectivity index (χ2n) is 6.20. The van der Waals surface area contributed by atoms with Crippen molar-refractivity contribution in [1.29, 1.82) is 0 Å². The van der Waals surface area contributed by atoms with Gasteiger partial charge in [0.15, 0.2) is 0 Å². The first kappa shape index (κ1) is 16.3. The van der Waals surface area contributed by atoms with Gasteiger partial charge in [-0.05, 0) is 32.1 Å². The van der Waals surface area contributed by atoms with Gasteiger partial charge in [0.05, 0.1) is 0 Å². The molecule has 2 fully saturated rings. The van der Waals surface area contributed by atoms with Crippen LogP contribution in [0, 0.1) is 5.92 Å². The van der Waals surface area contributed by atoms with Gasteiger partial charge in [-0.3, -0.25) is 4.21 Å². The molecule has 1 saturated heterocycles. The Balaban J connectivity index is 2.07. The third kappa shape index (κ3) is 3.75. The van der Waals surface area contributed by atoms with Gasteiger partial charge in [-0.2, -0.15) is 0 Å². The number of urea groups is 1. The van der Waals surface area contributed by atoms with Crippen molar-refractivity contribution in [1.82, 2.24) is 10.2 Å². The van der Waals surface area contributed by atoms with Crippen molar-refractivity contribution >= 4 is 22.8 Å². The lowest BCUT2D eigenvalue weighted by Crippen LogP contribution is -2.53. The molecule has 0 aromatic heterocycles. The van der Waals surface area contributed by atoms with E-state index in [4.69, 9.17) is 0 Å². The molecule has 2 rings (SSSR count). The predicted octanol–water partition coefficient (Wildman–Crippen LogP) is 1.18. The highest BCUT2D eigenvalue weighted by molar-refractivity contribution is 7.84. The van der Waals surface area contributed by atoms with Crippen LogP contribution in [-0.4, -0.2) is 56.3 Å². The molecular formula is C14H24N2O4S. The molecule has 2 aliphatic rings. The quantitative estimate of drug-likeness (QED) is 0.815. The zero-order chi connectivity index (χ0) is 15.6.